The van der Waals surface area contributed by atoms with Crippen molar-refractivity contribution < 1.29 is 14.3 Å². The van der Waals surface area contributed by atoms with Crippen LogP contribution in [-0.2, 0) is 11.8 Å². The van der Waals surface area contributed by atoms with E-state index in [0.717, 1.165) is 44.5 Å². The first kappa shape index (κ1) is 18.8. The molecular formula is C23H25NO3. The minimum absolute atomic E-state index is 0.307. The second-order valence-electron chi connectivity index (χ2n) is 6.71. The fraction of sp³-hybridized carbons (Fsp3) is 0.261. The molecule has 0 spiro atoms. The molecule has 0 saturated heterocycles. The van der Waals surface area contributed by atoms with Crippen molar-refractivity contribution in [3.8, 4) is 5.75 Å². The van der Waals surface area contributed by atoms with E-state index in [0.29, 0.717) is 12.2 Å². The van der Waals surface area contributed by atoms with Crippen molar-refractivity contribution in [1.29, 1.82) is 0 Å². The van der Waals surface area contributed by atoms with Crippen LogP contribution in [0.2, 0.25) is 0 Å². The number of rotatable bonds is 5. The van der Waals surface area contributed by atoms with Crippen molar-refractivity contribution in [3.63, 3.8) is 0 Å². The van der Waals surface area contributed by atoms with Gasteiger partial charge < -0.3 is 14.0 Å². The van der Waals surface area contributed by atoms with Crippen LogP contribution in [-0.4, -0.2) is 24.3 Å². The molecule has 0 aliphatic heterocycles. The Hall–Kier alpha value is -3.01. The second kappa shape index (κ2) is 7.31. The number of carbonyl (C=O) groups is 1. The number of nitrogens with zero attached hydrogens (tertiary/aromatic N) is 1. The van der Waals surface area contributed by atoms with Crippen LogP contribution in [0.15, 0.2) is 43.1 Å². The molecule has 3 rings (SSSR count). The Labute approximate surface area is 160 Å². The van der Waals surface area contributed by atoms with Crippen LogP contribution >= 0.6 is 0 Å². The molecule has 3 aromatic rings. The van der Waals surface area contributed by atoms with Gasteiger partial charge in [0.25, 0.3) is 0 Å². The largest absolute Gasteiger partial charge is 0.496 e. The van der Waals surface area contributed by atoms with Crippen molar-refractivity contribution in [2.45, 2.75) is 20.8 Å². The summed E-state index contributed by atoms with van der Waals surface area (Å²) in [6, 6.07) is 10.2. The van der Waals surface area contributed by atoms with Gasteiger partial charge >= 0.3 is 5.97 Å². The standard InChI is InChI=1S/C23H25NO3/c1-7-27-23(25)20-13-24(5)21-9-8-17(11-19(20)21)16(4)18-10-14(2)15(3)22(12-18)26-6/h8-13H,4,7H2,1-3,5-6H3. The van der Waals surface area contributed by atoms with E-state index >= 15 is 0 Å². The summed E-state index contributed by atoms with van der Waals surface area (Å²) in [5.74, 6) is 0.540. The van der Waals surface area contributed by atoms with Crippen LogP contribution in [0.3, 0.4) is 0 Å². The Morgan fingerprint density at radius 1 is 1.15 bits per heavy atom. The summed E-state index contributed by atoms with van der Waals surface area (Å²) in [6.07, 6.45) is 1.81. The van der Waals surface area contributed by atoms with Crippen LogP contribution in [0.1, 0.15) is 39.5 Å². The van der Waals surface area contributed by atoms with E-state index in [1.807, 2.05) is 55.9 Å². The van der Waals surface area contributed by atoms with Crippen LogP contribution < -0.4 is 4.74 Å². The van der Waals surface area contributed by atoms with Crippen LogP contribution in [0, 0.1) is 13.8 Å². The molecule has 27 heavy (non-hydrogen) atoms. The highest BCUT2D eigenvalue weighted by Crippen LogP contribution is 2.32. The highest BCUT2D eigenvalue weighted by atomic mass is 16.5. The Balaban J connectivity index is 2.09. The zero-order chi connectivity index (χ0) is 19.7. The molecule has 0 aliphatic carbocycles. The third-order valence-electron chi connectivity index (χ3n) is 5.02. The van der Waals surface area contributed by atoms with Gasteiger partial charge in [-0.1, -0.05) is 18.7 Å². The molecule has 4 heteroatoms. The number of benzene rings is 2. The topological polar surface area (TPSA) is 40.5 Å². The summed E-state index contributed by atoms with van der Waals surface area (Å²) in [7, 11) is 3.60. The van der Waals surface area contributed by atoms with Crippen LogP contribution in [0.4, 0.5) is 0 Å². The van der Waals surface area contributed by atoms with E-state index in [2.05, 4.69) is 19.6 Å². The van der Waals surface area contributed by atoms with Crippen molar-refractivity contribution in [1.82, 2.24) is 4.57 Å². The van der Waals surface area contributed by atoms with Crippen molar-refractivity contribution in [3.05, 3.63) is 70.9 Å². The molecule has 1 aromatic heterocycles. The summed E-state index contributed by atoms with van der Waals surface area (Å²) in [5, 5.41) is 0.866. The highest BCUT2D eigenvalue weighted by Gasteiger charge is 2.16. The molecular weight excluding hydrogens is 338 g/mol. The molecule has 0 bridgehead atoms. The molecule has 0 fully saturated rings. The Bertz CT molecular complexity index is 1040. The molecule has 140 valence electrons. The lowest BCUT2D eigenvalue weighted by atomic mass is 9.94. The molecule has 0 aliphatic rings. The Morgan fingerprint density at radius 2 is 1.89 bits per heavy atom. The van der Waals surface area contributed by atoms with E-state index in [1.165, 1.54) is 0 Å². The zero-order valence-electron chi connectivity index (χ0n) is 16.6. The highest BCUT2D eigenvalue weighted by molar-refractivity contribution is 6.05. The first-order valence-corrected chi connectivity index (χ1v) is 8.98. The molecule has 1 heterocycles. The first-order chi connectivity index (χ1) is 12.9. The molecule has 0 atom stereocenters. The third-order valence-corrected chi connectivity index (χ3v) is 5.02. The van der Waals surface area contributed by atoms with Gasteiger partial charge in [-0.15, -0.1) is 0 Å². The number of hydrogen-bond acceptors (Lipinski definition) is 3. The number of aryl methyl sites for hydroxylation is 2. The van der Waals surface area contributed by atoms with Gasteiger partial charge in [0.1, 0.15) is 5.75 Å². The smallest absolute Gasteiger partial charge is 0.340 e. The molecule has 0 N–H and O–H groups in total. The normalized spacial score (nSPS) is 10.9. The minimum Gasteiger partial charge on any atom is -0.496 e. The average Bonchev–Trinajstić information content (AvgIpc) is 2.99. The number of esters is 1. The second-order valence-corrected chi connectivity index (χ2v) is 6.71. The van der Waals surface area contributed by atoms with Gasteiger partial charge in [0.15, 0.2) is 0 Å². The first-order valence-electron chi connectivity index (χ1n) is 8.98. The molecule has 0 saturated carbocycles. The Kier molecular flexibility index (Phi) is 5.08. The number of methoxy groups -OCH3 is 1. The van der Waals surface area contributed by atoms with E-state index < -0.39 is 0 Å². The SMILES string of the molecule is C=C(c1cc(C)c(C)c(OC)c1)c1ccc2c(c1)c(C(=O)OCC)cn2C. The number of hydrogen-bond donors (Lipinski definition) is 0. The summed E-state index contributed by atoms with van der Waals surface area (Å²) >= 11 is 0. The van der Waals surface area contributed by atoms with E-state index in [4.69, 9.17) is 9.47 Å². The van der Waals surface area contributed by atoms with Crippen molar-refractivity contribution in [2.75, 3.05) is 13.7 Å². The van der Waals surface area contributed by atoms with Gasteiger partial charge in [0, 0.05) is 24.1 Å². The van der Waals surface area contributed by atoms with Gasteiger partial charge in [-0.05, 0) is 66.8 Å². The molecule has 4 nitrogen and oxygen atoms in total. The number of aromatic nitrogens is 1. The van der Waals surface area contributed by atoms with E-state index in [1.54, 1.807) is 7.11 Å². The summed E-state index contributed by atoms with van der Waals surface area (Å²) < 4.78 is 12.6. The third kappa shape index (κ3) is 3.35. The van der Waals surface area contributed by atoms with Gasteiger partial charge in [-0.25, -0.2) is 4.79 Å². The summed E-state index contributed by atoms with van der Waals surface area (Å²) in [6.45, 7) is 10.6. The summed E-state index contributed by atoms with van der Waals surface area (Å²) in [4.78, 5) is 12.3. The zero-order valence-corrected chi connectivity index (χ0v) is 16.6. The lowest BCUT2D eigenvalue weighted by Crippen LogP contribution is -2.03. The monoisotopic (exact) mass is 363 g/mol. The van der Waals surface area contributed by atoms with Crippen LogP contribution in [0.25, 0.3) is 16.5 Å². The summed E-state index contributed by atoms with van der Waals surface area (Å²) in [5.41, 5.74) is 6.68. The quantitative estimate of drug-likeness (QED) is 0.596. The van der Waals surface area contributed by atoms with Gasteiger partial charge in [0.05, 0.1) is 19.3 Å². The number of ether oxygens (including phenoxy) is 2. The maximum absolute atomic E-state index is 12.3. The van der Waals surface area contributed by atoms with E-state index in [-0.39, 0.29) is 5.97 Å². The predicted molar refractivity (Wildman–Crippen MR) is 109 cm³/mol. The van der Waals surface area contributed by atoms with Gasteiger partial charge in [-0.2, -0.15) is 0 Å². The van der Waals surface area contributed by atoms with Crippen molar-refractivity contribution in [2.24, 2.45) is 7.05 Å². The molecule has 0 radical (unpaired) electrons. The molecule has 0 unspecified atom stereocenters. The maximum atomic E-state index is 12.3. The lowest BCUT2D eigenvalue weighted by molar-refractivity contribution is 0.0528. The fourth-order valence-corrected chi connectivity index (χ4v) is 3.33. The average molecular weight is 363 g/mol. The molecule has 0 amide bonds. The fourth-order valence-electron chi connectivity index (χ4n) is 3.33. The lowest BCUT2D eigenvalue weighted by Gasteiger charge is -2.13. The van der Waals surface area contributed by atoms with E-state index in [9.17, 15) is 4.79 Å². The van der Waals surface area contributed by atoms with Gasteiger partial charge in [0.2, 0.25) is 0 Å². The maximum Gasteiger partial charge on any atom is 0.340 e. The van der Waals surface area contributed by atoms with Crippen molar-refractivity contribution >= 4 is 22.4 Å². The van der Waals surface area contributed by atoms with Gasteiger partial charge in [-0.3, -0.25) is 0 Å². The molecule has 2 aromatic carbocycles. The van der Waals surface area contributed by atoms with Crippen LogP contribution in [0.5, 0.6) is 5.75 Å². The number of fused-ring (bicyclic) bond motifs is 1. The predicted octanol–water partition coefficient (Wildman–Crippen LogP) is 5.04. The Morgan fingerprint density at radius 3 is 2.56 bits per heavy atom. The minimum atomic E-state index is -0.307. The number of carbonyl (C=O) groups excluding carboxylic acids is 1.